The number of hydrogen-bond acceptors (Lipinski definition) is 3. The van der Waals surface area contributed by atoms with E-state index in [1.54, 1.807) is 8.61 Å². The molecule has 2 heterocycles. The summed E-state index contributed by atoms with van der Waals surface area (Å²) in [6.45, 7) is 5.52. The molecule has 0 bridgehead atoms. The molecule has 0 amide bonds. The van der Waals surface area contributed by atoms with E-state index in [1.165, 1.54) is 0 Å². The van der Waals surface area contributed by atoms with Crippen molar-refractivity contribution in [2.75, 3.05) is 32.7 Å². The first-order valence-corrected chi connectivity index (χ1v) is 8.53. The molecule has 18 heavy (non-hydrogen) atoms. The van der Waals surface area contributed by atoms with E-state index in [0.29, 0.717) is 32.2 Å². The predicted molar refractivity (Wildman–Crippen MR) is 72.6 cm³/mol. The van der Waals surface area contributed by atoms with Crippen LogP contribution in [0.15, 0.2) is 0 Å². The summed E-state index contributed by atoms with van der Waals surface area (Å²) in [6, 6.07) is 0.338. The Hall–Kier alpha value is -0.170. The van der Waals surface area contributed by atoms with Crippen molar-refractivity contribution in [3.63, 3.8) is 0 Å². The second-order valence-electron chi connectivity index (χ2n) is 5.21. The van der Waals surface area contributed by atoms with Crippen molar-refractivity contribution in [2.45, 2.75) is 45.1 Å². The van der Waals surface area contributed by atoms with Gasteiger partial charge in [0.25, 0.3) is 10.2 Å². The van der Waals surface area contributed by atoms with Gasteiger partial charge in [-0.05, 0) is 32.2 Å². The smallest absolute Gasteiger partial charge is 0.282 e. The van der Waals surface area contributed by atoms with E-state index < -0.39 is 10.2 Å². The third-order valence-corrected chi connectivity index (χ3v) is 5.98. The van der Waals surface area contributed by atoms with Crippen LogP contribution < -0.4 is 5.32 Å². The zero-order chi connectivity index (χ0) is 13.0. The first-order chi connectivity index (χ1) is 8.64. The fraction of sp³-hybridized carbons (Fsp3) is 1.00. The molecule has 106 valence electrons. The van der Waals surface area contributed by atoms with Gasteiger partial charge in [-0.15, -0.1) is 0 Å². The number of piperidine rings is 1. The third kappa shape index (κ3) is 3.23. The fourth-order valence-electron chi connectivity index (χ4n) is 2.80. The highest BCUT2D eigenvalue weighted by Crippen LogP contribution is 2.18. The average molecular weight is 275 g/mol. The Morgan fingerprint density at radius 2 is 1.94 bits per heavy atom. The minimum Gasteiger partial charge on any atom is -0.313 e. The molecule has 1 N–H and O–H groups in total. The molecule has 2 aliphatic rings. The molecule has 0 saturated carbocycles. The molecular formula is C12H25N3O2S. The Kier molecular flexibility index (Phi) is 5.00. The second kappa shape index (κ2) is 6.32. The van der Waals surface area contributed by atoms with Crippen LogP contribution in [-0.2, 0) is 10.2 Å². The summed E-state index contributed by atoms with van der Waals surface area (Å²) < 4.78 is 28.4. The van der Waals surface area contributed by atoms with Crippen LogP contribution in [0.2, 0.25) is 0 Å². The highest BCUT2D eigenvalue weighted by Gasteiger charge is 2.31. The lowest BCUT2D eigenvalue weighted by molar-refractivity contribution is 0.296. The van der Waals surface area contributed by atoms with Gasteiger partial charge >= 0.3 is 0 Å². The van der Waals surface area contributed by atoms with E-state index >= 15 is 0 Å². The van der Waals surface area contributed by atoms with Gasteiger partial charge in [0.1, 0.15) is 0 Å². The zero-order valence-electron chi connectivity index (χ0n) is 11.3. The molecule has 0 spiro atoms. The topological polar surface area (TPSA) is 52.7 Å². The number of nitrogens with zero attached hydrogens (tertiary/aromatic N) is 2. The van der Waals surface area contributed by atoms with Crippen LogP contribution in [0.5, 0.6) is 0 Å². The van der Waals surface area contributed by atoms with Gasteiger partial charge in [0.05, 0.1) is 0 Å². The summed E-state index contributed by atoms with van der Waals surface area (Å²) in [5, 5.41) is 3.37. The minimum absolute atomic E-state index is 0.338. The first-order valence-electron chi connectivity index (χ1n) is 7.13. The maximum Gasteiger partial charge on any atom is 0.282 e. The Balaban J connectivity index is 1.99. The Labute approximate surface area is 111 Å². The summed E-state index contributed by atoms with van der Waals surface area (Å²) in [4.78, 5) is 0. The molecule has 0 radical (unpaired) electrons. The van der Waals surface area contributed by atoms with Crippen LogP contribution in [0.25, 0.3) is 0 Å². The van der Waals surface area contributed by atoms with Crippen molar-refractivity contribution in [1.29, 1.82) is 0 Å². The number of nitrogens with one attached hydrogen (secondary N) is 1. The molecule has 0 aliphatic carbocycles. The van der Waals surface area contributed by atoms with Crippen molar-refractivity contribution in [1.82, 2.24) is 13.9 Å². The van der Waals surface area contributed by atoms with Gasteiger partial charge in [0, 0.05) is 32.2 Å². The second-order valence-corrected chi connectivity index (χ2v) is 7.14. The van der Waals surface area contributed by atoms with Gasteiger partial charge in [-0.3, -0.25) is 0 Å². The molecule has 5 nitrogen and oxygen atoms in total. The van der Waals surface area contributed by atoms with Gasteiger partial charge in [-0.25, -0.2) is 0 Å². The van der Waals surface area contributed by atoms with E-state index in [0.717, 1.165) is 38.6 Å². The van der Waals surface area contributed by atoms with Gasteiger partial charge in [-0.1, -0.05) is 13.3 Å². The van der Waals surface area contributed by atoms with Crippen LogP contribution >= 0.6 is 0 Å². The number of hydrogen-bond donors (Lipinski definition) is 1. The molecule has 1 atom stereocenters. The van der Waals surface area contributed by atoms with E-state index in [9.17, 15) is 8.42 Å². The van der Waals surface area contributed by atoms with E-state index in [4.69, 9.17) is 0 Å². The summed E-state index contributed by atoms with van der Waals surface area (Å²) in [5.74, 6) is 0. The molecule has 0 aromatic heterocycles. The maximum absolute atomic E-state index is 12.5. The van der Waals surface area contributed by atoms with Crippen LogP contribution in [0, 0.1) is 0 Å². The lowest BCUT2D eigenvalue weighted by atomic mass is 10.2. The van der Waals surface area contributed by atoms with Gasteiger partial charge < -0.3 is 5.32 Å². The molecule has 2 fully saturated rings. The maximum atomic E-state index is 12.5. The van der Waals surface area contributed by atoms with Crippen molar-refractivity contribution < 1.29 is 8.42 Å². The average Bonchev–Trinajstić information content (AvgIpc) is 2.89. The van der Waals surface area contributed by atoms with Gasteiger partial charge in [0.2, 0.25) is 0 Å². The van der Waals surface area contributed by atoms with E-state index in [2.05, 4.69) is 5.32 Å². The van der Waals surface area contributed by atoms with Crippen molar-refractivity contribution in [3.05, 3.63) is 0 Å². The first kappa shape index (κ1) is 14.2. The summed E-state index contributed by atoms with van der Waals surface area (Å²) in [7, 11) is -3.24. The SMILES string of the molecule is CCN(CC1CCCN1)S(=O)(=O)N1CCCCC1. The Bertz CT molecular complexity index is 346. The van der Waals surface area contributed by atoms with Crippen molar-refractivity contribution >= 4 is 10.2 Å². The monoisotopic (exact) mass is 275 g/mol. The summed E-state index contributed by atoms with van der Waals surface area (Å²) in [5.41, 5.74) is 0. The molecule has 2 aliphatic heterocycles. The molecule has 0 aromatic carbocycles. The highest BCUT2D eigenvalue weighted by molar-refractivity contribution is 7.86. The normalized spacial score (nSPS) is 26.9. The largest absolute Gasteiger partial charge is 0.313 e. The molecule has 6 heteroatoms. The van der Waals surface area contributed by atoms with Crippen molar-refractivity contribution in [3.8, 4) is 0 Å². The highest BCUT2D eigenvalue weighted by atomic mass is 32.2. The summed E-state index contributed by atoms with van der Waals surface area (Å²) in [6.07, 6.45) is 5.40. The van der Waals surface area contributed by atoms with Crippen LogP contribution in [0.1, 0.15) is 39.0 Å². The molecular weight excluding hydrogens is 250 g/mol. The molecule has 0 aromatic rings. The lowest BCUT2D eigenvalue weighted by Gasteiger charge is -2.32. The van der Waals surface area contributed by atoms with Gasteiger partial charge in [0.15, 0.2) is 0 Å². The number of likely N-dealkylation sites (N-methyl/N-ethyl adjacent to an activating group) is 1. The fourth-order valence-corrected chi connectivity index (χ4v) is 4.54. The van der Waals surface area contributed by atoms with E-state index in [-0.39, 0.29) is 0 Å². The molecule has 1 unspecified atom stereocenters. The Morgan fingerprint density at radius 3 is 2.50 bits per heavy atom. The summed E-state index contributed by atoms with van der Waals surface area (Å²) >= 11 is 0. The van der Waals surface area contributed by atoms with Gasteiger partial charge in [-0.2, -0.15) is 17.0 Å². The van der Waals surface area contributed by atoms with Crippen LogP contribution in [0.4, 0.5) is 0 Å². The van der Waals surface area contributed by atoms with Crippen LogP contribution in [-0.4, -0.2) is 55.8 Å². The van der Waals surface area contributed by atoms with Crippen molar-refractivity contribution in [2.24, 2.45) is 0 Å². The van der Waals surface area contributed by atoms with Crippen LogP contribution in [0.3, 0.4) is 0 Å². The third-order valence-electron chi connectivity index (χ3n) is 3.91. The quantitative estimate of drug-likeness (QED) is 0.807. The standard InChI is InChI=1S/C12H25N3O2S/c1-2-14(11-12-7-6-8-13-12)18(16,17)15-9-4-3-5-10-15/h12-13H,2-11H2,1H3. The lowest BCUT2D eigenvalue weighted by Crippen LogP contribution is -2.49. The molecule has 2 rings (SSSR count). The predicted octanol–water partition coefficient (Wildman–Crippen LogP) is 0.791. The minimum atomic E-state index is -3.24. The number of rotatable bonds is 5. The van der Waals surface area contributed by atoms with E-state index in [1.807, 2.05) is 6.92 Å². The zero-order valence-corrected chi connectivity index (χ0v) is 12.1. The molecule has 2 saturated heterocycles. The Morgan fingerprint density at radius 1 is 1.22 bits per heavy atom.